The van der Waals surface area contributed by atoms with Crippen LogP contribution in [0.5, 0.6) is 0 Å². The SMILES string of the molecule is c1ccc(-c2ccccc2-c2nc(-c3ccc(-c4ccc(-c5ccc(-c6cccc7c6oc6ccccc67)cc5)cc4)cc3)nc(-c3cccc4c3sc3ccccc34)n2)cc1. The molecule has 0 bridgehead atoms. The first-order chi connectivity index (χ1) is 30.7. The van der Waals surface area contributed by atoms with Gasteiger partial charge in [-0.15, -0.1) is 11.3 Å². The summed E-state index contributed by atoms with van der Waals surface area (Å²) in [4.78, 5) is 15.6. The first-order valence-electron chi connectivity index (χ1n) is 20.8. The largest absolute Gasteiger partial charge is 0.455 e. The molecule has 0 unspecified atom stereocenters. The van der Waals surface area contributed by atoms with Crippen molar-refractivity contribution in [2.24, 2.45) is 0 Å². The number of furan rings is 1. The highest BCUT2D eigenvalue weighted by Crippen LogP contribution is 2.41. The Morgan fingerprint density at radius 1 is 0.290 bits per heavy atom. The third-order valence-corrected chi connectivity index (χ3v) is 13.0. The van der Waals surface area contributed by atoms with Crippen molar-refractivity contribution in [3.05, 3.63) is 212 Å². The molecule has 12 rings (SSSR count). The van der Waals surface area contributed by atoms with Crippen LogP contribution in [0.4, 0.5) is 0 Å². The van der Waals surface area contributed by atoms with E-state index in [0.717, 1.165) is 83.1 Å². The molecular weight excluding hydrogens is 775 g/mol. The molecule has 0 N–H and O–H groups in total. The standard InChI is InChI=1S/C57H35N3OS/c1-2-12-40(13-3-1)43-14-4-5-17-49(43)56-58-55(59-57(60-56)50-21-11-20-48-46-16-7-9-23-52(46)62-54(48)50)42-34-30-39(31-35-42)37-26-24-36(25-27-37)38-28-32-41(33-29-38)44-18-10-19-47-45-15-6-8-22-51(45)61-53(44)47/h1-35H. The molecule has 0 aliphatic carbocycles. The number of rotatable bonds is 7. The number of para-hydroxylation sites is 2. The molecule has 0 saturated heterocycles. The second kappa shape index (κ2) is 14.9. The first kappa shape index (κ1) is 35.9. The van der Waals surface area contributed by atoms with Crippen molar-refractivity contribution in [2.45, 2.75) is 0 Å². The summed E-state index contributed by atoms with van der Waals surface area (Å²) in [5.41, 5.74) is 13.7. The second-order valence-electron chi connectivity index (χ2n) is 15.5. The molecule has 5 heteroatoms. The Morgan fingerprint density at radius 3 is 1.47 bits per heavy atom. The van der Waals surface area contributed by atoms with Crippen LogP contribution >= 0.6 is 11.3 Å². The van der Waals surface area contributed by atoms with Gasteiger partial charge in [-0.05, 0) is 57.1 Å². The summed E-state index contributed by atoms with van der Waals surface area (Å²) in [6.45, 7) is 0. The van der Waals surface area contributed by atoms with Crippen LogP contribution in [0.1, 0.15) is 0 Å². The minimum absolute atomic E-state index is 0.632. The third kappa shape index (κ3) is 6.26. The van der Waals surface area contributed by atoms with Gasteiger partial charge in [0, 0.05) is 53.2 Å². The fraction of sp³-hybridized carbons (Fsp3) is 0. The van der Waals surface area contributed by atoms with Crippen molar-refractivity contribution in [3.8, 4) is 78.7 Å². The average molecular weight is 810 g/mol. The molecule has 0 aliphatic heterocycles. The molecule has 0 radical (unpaired) electrons. The van der Waals surface area contributed by atoms with Crippen LogP contribution in [0, 0.1) is 0 Å². The smallest absolute Gasteiger partial charge is 0.165 e. The van der Waals surface area contributed by atoms with Crippen molar-refractivity contribution >= 4 is 53.4 Å². The lowest BCUT2D eigenvalue weighted by molar-refractivity contribution is 0.670. The summed E-state index contributed by atoms with van der Waals surface area (Å²) in [5, 5.41) is 4.73. The Hall–Kier alpha value is -7.99. The van der Waals surface area contributed by atoms with E-state index in [4.69, 9.17) is 19.4 Å². The van der Waals surface area contributed by atoms with Gasteiger partial charge in [-0.3, -0.25) is 0 Å². The van der Waals surface area contributed by atoms with Gasteiger partial charge in [0.2, 0.25) is 0 Å². The van der Waals surface area contributed by atoms with Gasteiger partial charge in [0.25, 0.3) is 0 Å². The molecule has 3 heterocycles. The summed E-state index contributed by atoms with van der Waals surface area (Å²) >= 11 is 1.78. The zero-order valence-electron chi connectivity index (χ0n) is 33.4. The average Bonchev–Trinajstić information content (AvgIpc) is 3.93. The Kier molecular flexibility index (Phi) is 8.65. The molecule has 0 atom stereocenters. The van der Waals surface area contributed by atoms with Crippen LogP contribution < -0.4 is 0 Å². The van der Waals surface area contributed by atoms with Crippen LogP contribution in [-0.4, -0.2) is 15.0 Å². The van der Waals surface area contributed by atoms with Gasteiger partial charge >= 0.3 is 0 Å². The predicted octanol–water partition coefficient (Wildman–Crippen LogP) is 15.8. The fourth-order valence-corrected chi connectivity index (χ4v) is 9.91. The Morgan fingerprint density at radius 2 is 0.758 bits per heavy atom. The summed E-state index contributed by atoms with van der Waals surface area (Å²) < 4.78 is 8.73. The van der Waals surface area contributed by atoms with Crippen molar-refractivity contribution in [1.82, 2.24) is 15.0 Å². The van der Waals surface area contributed by atoms with Crippen LogP contribution in [0.15, 0.2) is 217 Å². The highest BCUT2D eigenvalue weighted by molar-refractivity contribution is 7.26. The van der Waals surface area contributed by atoms with E-state index in [1.807, 2.05) is 18.2 Å². The maximum atomic E-state index is 6.32. The minimum atomic E-state index is 0.632. The molecule has 3 aromatic heterocycles. The van der Waals surface area contributed by atoms with Gasteiger partial charge in [-0.1, -0.05) is 194 Å². The number of hydrogen-bond acceptors (Lipinski definition) is 5. The molecule has 0 fully saturated rings. The van der Waals surface area contributed by atoms with E-state index in [9.17, 15) is 0 Å². The molecule has 0 amide bonds. The number of fused-ring (bicyclic) bond motifs is 6. The number of benzene rings is 9. The molecule has 0 spiro atoms. The third-order valence-electron chi connectivity index (χ3n) is 11.8. The summed E-state index contributed by atoms with van der Waals surface area (Å²) in [6.07, 6.45) is 0. The van der Waals surface area contributed by atoms with E-state index in [1.165, 1.54) is 20.2 Å². The lowest BCUT2D eigenvalue weighted by Crippen LogP contribution is -2.01. The van der Waals surface area contributed by atoms with E-state index >= 15 is 0 Å². The molecule has 4 nitrogen and oxygen atoms in total. The Balaban J connectivity index is 0.878. The lowest BCUT2D eigenvalue weighted by atomic mass is 9.97. The van der Waals surface area contributed by atoms with Gasteiger partial charge in [0.05, 0.1) is 0 Å². The van der Waals surface area contributed by atoms with Gasteiger partial charge < -0.3 is 4.42 Å². The zero-order chi connectivity index (χ0) is 41.0. The van der Waals surface area contributed by atoms with Crippen molar-refractivity contribution in [1.29, 1.82) is 0 Å². The Labute approximate surface area is 362 Å². The lowest BCUT2D eigenvalue weighted by Gasteiger charge is -2.12. The maximum absolute atomic E-state index is 6.32. The number of hydrogen-bond donors (Lipinski definition) is 0. The number of nitrogens with zero attached hydrogens (tertiary/aromatic N) is 3. The van der Waals surface area contributed by atoms with Gasteiger partial charge in [0.1, 0.15) is 11.2 Å². The summed E-state index contributed by atoms with van der Waals surface area (Å²) in [5.74, 6) is 1.93. The second-order valence-corrected chi connectivity index (χ2v) is 16.6. The molecule has 0 saturated carbocycles. The predicted molar refractivity (Wildman–Crippen MR) is 258 cm³/mol. The summed E-state index contributed by atoms with van der Waals surface area (Å²) in [7, 11) is 0. The normalized spacial score (nSPS) is 11.5. The molecule has 12 aromatic rings. The monoisotopic (exact) mass is 809 g/mol. The van der Waals surface area contributed by atoms with Crippen LogP contribution in [-0.2, 0) is 0 Å². The molecule has 62 heavy (non-hydrogen) atoms. The van der Waals surface area contributed by atoms with E-state index in [-0.39, 0.29) is 0 Å². The van der Waals surface area contributed by atoms with Crippen molar-refractivity contribution in [3.63, 3.8) is 0 Å². The Bertz CT molecular complexity index is 3610. The molecule has 9 aromatic carbocycles. The highest BCUT2D eigenvalue weighted by atomic mass is 32.1. The van der Waals surface area contributed by atoms with Crippen molar-refractivity contribution in [2.75, 3.05) is 0 Å². The first-order valence-corrected chi connectivity index (χ1v) is 21.6. The molecule has 0 aliphatic rings. The number of thiophene rings is 1. The van der Waals surface area contributed by atoms with E-state index in [2.05, 4.69) is 194 Å². The summed E-state index contributed by atoms with van der Waals surface area (Å²) in [6, 6.07) is 74.5. The van der Waals surface area contributed by atoms with Crippen molar-refractivity contribution < 1.29 is 4.42 Å². The van der Waals surface area contributed by atoms with Crippen LogP contribution in [0.3, 0.4) is 0 Å². The van der Waals surface area contributed by atoms with Crippen LogP contribution in [0.25, 0.3) is 121 Å². The molecule has 290 valence electrons. The minimum Gasteiger partial charge on any atom is -0.455 e. The quantitative estimate of drug-likeness (QED) is 0.161. The number of aromatic nitrogens is 3. The van der Waals surface area contributed by atoms with Gasteiger partial charge in [-0.2, -0.15) is 0 Å². The fourth-order valence-electron chi connectivity index (χ4n) is 8.70. The highest BCUT2D eigenvalue weighted by Gasteiger charge is 2.19. The van der Waals surface area contributed by atoms with E-state index < -0.39 is 0 Å². The maximum Gasteiger partial charge on any atom is 0.165 e. The topological polar surface area (TPSA) is 51.8 Å². The molecular formula is C57H35N3OS. The van der Waals surface area contributed by atoms with Gasteiger partial charge in [0.15, 0.2) is 17.5 Å². The van der Waals surface area contributed by atoms with Gasteiger partial charge in [-0.25, -0.2) is 15.0 Å². The van der Waals surface area contributed by atoms with E-state index in [1.54, 1.807) is 11.3 Å². The van der Waals surface area contributed by atoms with E-state index in [0.29, 0.717) is 17.5 Å². The van der Waals surface area contributed by atoms with Crippen LogP contribution in [0.2, 0.25) is 0 Å². The zero-order valence-corrected chi connectivity index (χ0v) is 34.2.